The zero-order chi connectivity index (χ0) is 16.1. The van der Waals surface area contributed by atoms with Crippen LogP contribution in [0.4, 0.5) is 5.13 Å². The summed E-state index contributed by atoms with van der Waals surface area (Å²) in [7, 11) is 1.77. The van der Waals surface area contributed by atoms with Crippen LogP contribution in [0.5, 0.6) is 0 Å². The Morgan fingerprint density at radius 1 is 1.39 bits per heavy atom. The number of anilines is 1. The van der Waals surface area contributed by atoms with Gasteiger partial charge >= 0.3 is 0 Å². The van der Waals surface area contributed by atoms with Gasteiger partial charge in [0.2, 0.25) is 0 Å². The Morgan fingerprint density at radius 3 is 3.04 bits per heavy atom. The highest BCUT2D eigenvalue weighted by atomic mass is 32.1. The van der Waals surface area contributed by atoms with E-state index in [1.165, 1.54) is 11.3 Å². The van der Waals surface area contributed by atoms with Crippen LogP contribution < -0.4 is 10.6 Å². The molecule has 0 saturated carbocycles. The summed E-state index contributed by atoms with van der Waals surface area (Å²) < 4.78 is 0. The molecule has 1 amide bonds. The molecule has 3 N–H and O–H groups in total. The van der Waals surface area contributed by atoms with E-state index >= 15 is 0 Å². The van der Waals surface area contributed by atoms with Gasteiger partial charge in [0.25, 0.3) is 5.91 Å². The van der Waals surface area contributed by atoms with Gasteiger partial charge in [0.1, 0.15) is 11.5 Å². The van der Waals surface area contributed by atoms with Gasteiger partial charge in [-0.2, -0.15) is 5.10 Å². The number of carbonyl (C=O) groups is 1. The predicted octanol–water partition coefficient (Wildman–Crippen LogP) is 1.34. The second-order valence-corrected chi connectivity index (χ2v) is 5.50. The number of hydrogen-bond acceptors (Lipinski definition) is 7. The van der Waals surface area contributed by atoms with Gasteiger partial charge in [-0.25, -0.2) is 9.97 Å². The minimum atomic E-state index is -0.199. The molecule has 0 bridgehead atoms. The lowest BCUT2D eigenvalue weighted by molar-refractivity contribution is 0.0950. The molecule has 9 heteroatoms. The smallest absolute Gasteiger partial charge is 0.270 e. The second-order valence-electron chi connectivity index (χ2n) is 4.64. The molecule has 8 nitrogen and oxygen atoms in total. The minimum Gasteiger partial charge on any atom is -0.365 e. The third kappa shape index (κ3) is 3.69. The van der Waals surface area contributed by atoms with Gasteiger partial charge in [0.05, 0.1) is 0 Å². The summed E-state index contributed by atoms with van der Waals surface area (Å²) in [6, 6.07) is 3.72. The maximum Gasteiger partial charge on any atom is 0.270 e. The normalized spacial score (nSPS) is 10.5. The van der Waals surface area contributed by atoms with Gasteiger partial charge in [-0.05, 0) is 12.1 Å². The van der Waals surface area contributed by atoms with Crippen molar-refractivity contribution < 1.29 is 4.79 Å². The predicted molar refractivity (Wildman–Crippen MR) is 87.3 cm³/mol. The van der Waals surface area contributed by atoms with Crippen LogP contribution in [-0.4, -0.2) is 44.6 Å². The molecule has 0 fully saturated rings. The topological polar surface area (TPSA) is 108 Å². The maximum absolute atomic E-state index is 11.9. The fourth-order valence-corrected chi connectivity index (χ4v) is 2.56. The summed E-state index contributed by atoms with van der Waals surface area (Å²) in [6.45, 7) is 0.451. The number of H-pyrrole nitrogens is 1. The van der Waals surface area contributed by atoms with Gasteiger partial charge in [0, 0.05) is 43.4 Å². The summed E-state index contributed by atoms with van der Waals surface area (Å²) in [5.74, 6) is 1.10. The number of rotatable bonds is 6. The average molecular weight is 329 g/mol. The van der Waals surface area contributed by atoms with E-state index in [0.717, 1.165) is 5.56 Å². The molecular weight excluding hydrogens is 314 g/mol. The monoisotopic (exact) mass is 329 g/mol. The zero-order valence-electron chi connectivity index (χ0n) is 12.4. The maximum atomic E-state index is 11.9. The molecule has 0 aliphatic heterocycles. The number of aromatic amines is 1. The Hall–Kier alpha value is -2.81. The largest absolute Gasteiger partial charge is 0.365 e. The number of hydrogen-bond donors (Lipinski definition) is 3. The van der Waals surface area contributed by atoms with Crippen molar-refractivity contribution in [1.82, 2.24) is 30.5 Å². The van der Waals surface area contributed by atoms with E-state index in [1.54, 1.807) is 24.8 Å². The highest BCUT2D eigenvalue weighted by molar-refractivity contribution is 7.13. The first-order chi connectivity index (χ1) is 11.3. The molecule has 0 unspecified atom stereocenters. The molecule has 0 spiro atoms. The van der Waals surface area contributed by atoms with Crippen LogP contribution in [-0.2, 0) is 6.42 Å². The molecule has 0 atom stereocenters. The van der Waals surface area contributed by atoms with E-state index in [2.05, 4.69) is 35.8 Å². The third-order valence-corrected chi connectivity index (χ3v) is 3.91. The molecule has 0 saturated heterocycles. The molecule has 3 heterocycles. The molecule has 0 aliphatic carbocycles. The molecule has 3 rings (SSSR count). The molecular formula is C14H15N7OS. The summed E-state index contributed by atoms with van der Waals surface area (Å²) in [6.07, 6.45) is 3.96. The van der Waals surface area contributed by atoms with E-state index in [9.17, 15) is 4.79 Å². The molecule has 0 aliphatic rings. The van der Waals surface area contributed by atoms with Crippen LogP contribution in [0.3, 0.4) is 0 Å². The van der Waals surface area contributed by atoms with Crippen LogP contribution in [0.25, 0.3) is 11.4 Å². The van der Waals surface area contributed by atoms with Gasteiger partial charge in [-0.3, -0.25) is 14.9 Å². The van der Waals surface area contributed by atoms with E-state index in [4.69, 9.17) is 0 Å². The van der Waals surface area contributed by atoms with Gasteiger partial charge in [-0.1, -0.05) is 0 Å². The van der Waals surface area contributed by atoms with Crippen molar-refractivity contribution in [2.75, 3.05) is 18.9 Å². The van der Waals surface area contributed by atoms with Crippen molar-refractivity contribution in [2.45, 2.75) is 6.42 Å². The van der Waals surface area contributed by atoms with E-state index in [1.807, 2.05) is 12.1 Å². The zero-order valence-corrected chi connectivity index (χ0v) is 13.2. The van der Waals surface area contributed by atoms with Crippen LogP contribution >= 0.6 is 11.3 Å². The Morgan fingerprint density at radius 2 is 2.30 bits per heavy atom. The second kappa shape index (κ2) is 6.97. The summed E-state index contributed by atoms with van der Waals surface area (Å²) in [5.41, 5.74) is 1.26. The van der Waals surface area contributed by atoms with Crippen LogP contribution in [0.15, 0.2) is 29.9 Å². The Bertz CT molecular complexity index is 783. The van der Waals surface area contributed by atoms with Crippen molar-refractivity contribution >= 4 is 22.4 Å². The highest BCUT2D eigenvalue weighted by Gasteiger charge is 2.10. The first-order valence-electron chi connectivity index (χ1n) is 6.99. The minimum absolute atomic E-state index is 0.199. The first kappa shape index (κ1) is 15.1. The van der Waals surface area contributed by atoms with Crippen molar-refractivity contribution in [2.24, 2.45) is 0 Å². The number of nitrogens with zero attached hydrogens (tertiary/aromatic N) is 4. The summed E-state index contributed by atoms with van der Waals surface area (Å²) in [5, 5.41) is 15.2. The van der Waals surface area contributed by atoms with Crippen molar-refractivity contribution in [3.63, 3.8) is 0 Å². The number of amides is 1. The molecule has 3 aromatic heterocycles. The average Bonchev–Trinajstić information content (AvgIpc) is 3.25. The van der Waals surface area contributed by atoms with Gasteiger partial charge in [0.15, 0.2) is 11.0 Å². The Balaban J connectivity index is 1.53. The van der Waals surface area contributed by atoms with Crippen molar-refractivity contribution in [3.05, 3.63) is 41.4 Å². The fraction of sp³-hybridized carbons (Fsp3) is 0.214. The van der Waals surface area contributed by atoms with Gasteiger partial charge < -0.3 is 10.6 Å². The van der Waals surface area contributed by atoms with Gasteiger partial charge in [-0.15, -0.1) is 11.3 Å². The van der Waals surface area contributed by atoms with Crippen molar-refractivity contribution in [3.8, 4) is 11.4 Å². The number of aromatic nitrogens is 5. The molecule has 23 heavy (non-hydrogen) atoms. The highest BCUT2D eigenvalue weighted by Crippen LogP contribution is 2.14. The standard InChI is InChI=1S/C14H15N7OS/c1-15-14-18-10(8-23-14)13(22)17-6-4-11-19-12(21-20-11)9-3-2-5-16-7-9/h2-3,5,7-8H,4,6H2,1H3,(H,15,18)(H,17,22)(H,19,20,21). The number of nitrogens with one attached hydrogen (secondary N) is 3. The van der Waals surface area contributed by atoms with Crippen LogP contribution in [0, 0.1) is 0 Å². The van der Waals surface area contributed by atoms with E-state index in [0.29, 0.717) is 35.4 Å². The first-order valence-corrected chi connectivity index (χ1v) is 7.87. The van der Waals surface area contributed by atoms with Crippen LogP contribution in [0.2, 0.25) is 0 Å². The number of thiazole rings is 1. The summed E-state index contributed by atoms with van der Waals surface area (Å²) >= 11 is 1.39. The molecule has 3 aromatic rings. The molecule has 0 aromatic carbocycles. The molecule has 118 valence electrons. The van der Waals surface area contributed by atoms with E-state index in [-0.39, 0.29) is 5.91 Å². The van der Waals surface area contributed by atoms with Crippen molar-refractivity contribution in [1.29, 1.82) is 0 Å². The lowest BCUT2D eigenvalue weighted by atomic mass is 10.3. The third-order valence-electron chi connectivity index (χ3n) is 3.05. The number of pyridine rings is 1. The Labute approximate surface area is 136 Å². The fourth-order valence-electron chi connectivity index (χ4n) is 1.91. The quantitative estimate of drug-likeness (QED) is 0.630. The SMILES string of the molecule is CNc1nc(C(=O)NCCc2nc(-c3cccnc3)n[nH]2)cs1. The lowest BCUT2D eigenvalue weighted by Gasteiger charge is -2.00. The van der Waals surface area contributed by atoms with Crippen LogP contribution in [0.1, 0.15) is 16.3 Å². The lowest BCUT2D eigenvalue weighted by Crippen LogP contribution is -2.26. The summed E-state index contributed by atoms with van der Waals surface area (Å²) in [4.78, 5) is 24.5. The van der Waals surface area contributed by atoms with E-state index < -0.39 is 0 Å². The molecule has 0 radical (unpaired) electrons. The Kier molecular flexibility index (Phi) is 4.57. The number of carbonyl (C=O) groups excluding carboxylic acids is 1.